The smallest absolute Gasteiger partial charge is 0.265 e. The van der Waals surface area contributed by atoms with Crippen LogP contribution >= 0.6 is 11.3 Å². The van der Waals surface area contributed by atoms with Crippen LogP contribution in [-0.4, -0.2) is 30.3 Å². The summed E-state index contributed by atoms with van der Waals surface area (Å²) < 4.78 is 35.7. The zero-order chi connectivity index (χ0) is 11.6. The van der Waals surface area contributed by atoms with Crippen LogP contribution in [0.25, 0.3) is 0 Å². The van der Waals surface area contributed by atoms with E-state index < -0.39 is 10.1 Å². The zero-order valence-electron chi connectivity index (χ0n) is 8.57. The van der Waals surface area contributed by atoms with Gasteiger partial charge in [0.15, 0.2) is 0 Å². The SMILES string of the molecule is O=S(=O)(O)CC1CCC(c2nccs2)OC1. The molecule has 0 saturated carbocycles. The maximum Gasteiger partial charge on any atom is 0.265 e. The van der Waals surface area contributed by atoms with Crippen LogP contribution in [-0.2, 0) is 14.9 Å². The minimum Gasteiger partial charge on any atom is -0.371 e. The fourth-order valence-electron chi connectivity index (χ4n) is 1.82. The molecular weight excluding hydrogens is 250 g/mol. The van der Waals surface area contributed by atoms with E-state index in [1.807, 2.05) is 5.38 Å². The summed E-state index contributed by atoms with van der Waals surface area (Å²) in [6, 6.07) is 0. The molecule has 0 spiro atoms. The second kappa shape index (κ2) is 4.79. The Bertz CT molecular complexity index is 420. The van der Waals surface area contributed by atoms with Gasteiger partial charge in [0.05, 0.1) is 12.4 Å². The monoisotopic (exact) mass is 263 g/mol. The lowest BCUT2D eigenvalue weighted by Gasteiger charge is -2.26. The number of hydrogen-bond donors (Lipinski definition) is 1. The van der Waals surface area contributed by atoms with Crippen molar-refractivity contribution in [2.24, 2.45) is 5.92 Å². The van der Waals surface area contributed by atoms with E-state index in [-0.39, 0.29) is 17.8 Å². The Kier molecular flexibility index (Phi) is 3.58. The largest absolute Gasteiger partial charge is 0.371 e. The highest BCUT2D eigenvalue weighted by molar-refractivity contribution is 7.85. The van der Waals surface area contributed by atoms with Gasteiger partial charge in [-0.25, -0.2) is 4.98 Å². The fraction of sp³-hybridized carbons (Fsp3) is 0.667. The molecule has 1 saturated heterocycles. The van der Waals surface area contributed by atoms with Crippen molar-refractivity contribution in [2.45, 2.75) is 18.9 Å². The molecule has 0 aliphatic carbocycles. The Morgan fingerprint density at radius 3 is 2.88 bits per heavy atom. The lowest BCUT2D eigenvalue weighted by Crippen LogP contribution is -2.26. The van der Waals surface area contributed by atoms with Crippen molar-refractivity contribution in [2.75, 3.05) is 12.4 Å². The first-order chi connectivity index (χ1) is 7.54. The van der Waals surface area contributed by atoms with E-state index in [9.17, 15) is 8.42 Å². The normalized spacial score (nSPS) is 26.8. The number of ether oxygens (including phenoxy) is 1. The first-order valence-corrected chi connectivity index (χ1v) is 7.49. The lowest BCUT2D eigenvalue weighted by atomic mass is 10.0. The van der Waals surface area contributed by atoms with Crippen molar-refractivity contribution in [3.05, 3.63) is 16.6 Å². The predicted octanol–water partition coefficient (Wildman–Crippen LogP) is 1.50. The zero-order valence-corrected chi connectivity index (χ0v) is 10.2. The van der Waals surface area contributed by atoms with Gasteiger partial charge >= 0.3 is 0 Å². The van der Waals surface area contributed by atoms with E-state index in [2.05, 4.69) is 4.98 Å². The first kappa shape index (κ1) is 12.0. The van der Waals surface area contributed by atoms with Crippen molar-refractivity contribution in [1.29, 1.82) is 0 Å². The van der Waals surface area contributed by atoms with Crippen molar-refractivity contribution in [3.8, 4) is 0 Å². The molecule has 2 rings (SSSR count). The lowest BCUT2D eigenvalue weighted by molar-refractivity contribution is -0.0119. The van der Waals surface area contributed by atoms with Gasteiger partial charge in [-0.15, -0.1) is 11.3 Å². The summed E-state index contributed by atoms with van der Waals surface area (Å²) in [5, 5.41) is 2.83. The second-order valence-electron chi connectivity index (χ2n) is 3.88. The number of hydrogen-bond acceptors (Lipinski definition) is 5. The van der Waals surface area contributed by atoms with Crippen LogP contribution in [0.5, 0.6) is 0 Å². The molecule has 7 heteroatoms. The predicted molar refractivity (Wildman–Crippen MR) is 59.9 cm³/mol. The minimum atomic E-state index is -3.89. The molecule has 0 aromatic carbocycles. The Balaban J connectivity index is 1.88. The topological polar surface area (TPSA) is 76.5 Å². The Morgan fingerprint density at radius 1 is 1.56 bits per heavy atom. The highest BCUT2D eigenvalue weighted by Gasteiger charge is 2.27. The molecule has 2 unspecified atom stereocenters. The highest BCUT2D eigenvalue weighted by Crippen LogP contribution is 2.31. The number of thiazole rings is 1. The highest BCUT2D eigenvalue weighted by atomic mass is 32.2. The van der Waals surface area contributed by atoms with Crippen LogP contribution in [0.1, 0.15) is 24.0 Å². The number of rotatable bonds is 3. The van der Waals surface area contributed by atoms with Crippen molar-refractivity contribution >= 4 is 21.5 Å². The van der Waals surface area contributed by atoms with E-state index >= 15 is 0 Å². The van der Waals surface area contributed by atoms with Gasteiger partial charge in [-0.05, 0) is 18.8 Å². The summed E-state index contributed by atoms with van der Waals surface area (Å²) in [6.07, 6.45) is 3.21. The van der Waals surface area contributed by atoms with Crippen LogP contribution in [0, 0.1) is 5.92 Å². The van der Waals surface area contributed by atoms with Crippen LogP contribution < -0.4 is 0 Å². The molecular formula is C9H13NO4S2. The maximum absolute atomic E-state index is 10.7. The van der Waals surface area contributed by atoms with Gasteiger partial charge in [-0.2, -0.15) is 8.42 Å². The van der Waals surface area contributed by atoms with Gasteiger partial charge in [0.1, 0.15) is 11.1 Å². The third-order valence-corrected chi connectivity index (χ3v) is 4.30. The van der Waals surface area contributed by atoms with Gasteiger partial charge in [0, 0.05) is 11.6 Å². The minimum absolute atomic E-state index is 0.0161. The average Bonchev–Trinajstić information content (AvgIpc) is 2.69. The van der Waals surface area contributed by atoms with Crippen molar-refractivity contribution in [3.63, 3.8) is 0 Å². The average molecular weight is 263 g/mol. The molecule has 5 nitrogen and oxygen atoms in total. The summed E-state index contributed by atoms with van der Waals surface area (Å²) in [4.78, 5) is 4.17. The molecule has 16 heavy (non-hydrogen) atoms. The molecule has 2 heterocycles. The summed E-state index contributed by atoms with van der Waals surface area (Å²) in [5.74, 6) is -0.316. The van der Waals surface area contributed by atoms with Crippen LogP contribution in [0.2, 0.25) is 0 Å². The number of aromatic nitrogens is 1. The third kappa shape index (κ3) is 3.24. The molecule has 1 aliphatic rings. The van der Waals surface area contributed by atoms with Gasteiger partial charge in [-0.3, -0.25) is 4.55 Å². The summed E-state index contributed by atoms with van der Waals surface area (Å²) in [7, 11) is -3.89. The van der Waals surface area contributed by atoms with E-state index in [4.69, 9.17) is 9.29 Å². The van der Waals surface area contributed by atoms with Crippen LogP contribution in [0.3, 0.4) is 0 Å². The molecule has 0 bridgehead atoms. The maximum atomic E-state index is 10.7. The third-order valence-electron chi connectivity index (χ3n) is 2.54. The molecule has 1 aliphatic heterocycles. The van der Waals surface area contributed by atoms with Gasteiger partial charge in [-0.1, -0.05) is 0 Å². The summed E-state index contributed by atoms with van der Waals surface area (Å²) >= 11 is 1.54. The first-order valence-electron chi connectivity index (χ1n) is 5.01. The van der Waals surface area contributed by atoms with Gasteiger partial charge < -0.3 is 4.74 Å². The van der Waals surface area contributed by atoms with Crippen molar-refractivity contribution < 1.29 is 17.7 Å². The van der Waals surface area contributed by atoms with Crippen LogP contribution in [0.15, 0.2) is 11.6 Å². The molecule has 1 N–H and O–H groups in total. The molecule has 2 atom stereocenters. The van der Waals surface area contributed by atoms with Gasteiger partial charge in [0.25, 0.3) is 10.1 Å². The summed E-state index contributed by atoms with van der Waals surface area (Å²) in [5.41, 5.74) is 0. The van der Waals surface area contributed by atoms with Crippen LogP contribution in [0.4, 0.5) is 0 Å². The second-order valence-corrected chi connectivity index (χ2v) is 6.31. The quantitative estimate of drug-likeness (QED) is 0.836. The molecule has 90 valence electrons. The van der Waals surface area contributed by atoms with E-state index in [0.717, 1.165) is 17.8 Å². The fourth-order valence-corrected chi connectivity index (χ4v) is 3.40. The van der Waals surface area contributed by atoms with Gasteiger partial charge in [0.2, 0.25) is 0 Å². The standard InChI is InChI=1S/C9H13NO4S2/c11-16(12,13)6-7-1-2-8(14-5-7)9-10-3-4-15-9/h3-4,7-8H,1-2,5-6H2,(H,11,12,13). The number of nitrogens with zero attached hydrogens (tertiary/aromatic N) is 1. The molecule has 0 amide bonds. The Morgan fingerprint density at radius 2 is 2.38 bits per heavy atom. The summed E-state index contributed by atoms with van der Waals surface area (Å²) in [6.45, 7) is 0.365. The molecule has 0 radical (unpaired) electrons. The van der Waals surface area contributed by atoms with E-state index in [0.29, 0.717) is 6.61 Å². The molecule has 1 fully saturated rings. The Hall–Kier alpha value is -0.500. The van der Waals surface area contributed by atoms with E-state index in [1.165, 1.54) is 0 Å². The van der Waals surface area contributed by atoms with E-state index in [1.54, 1.807) is 17.5 Å². The molecule has 1 aromatic rings. The Labute approximate surface area is 98.2 Å². The van der Waals surface area contributed by atoms with Crippen molar-refractivity contribution in [1.82, 2.24) is 4.98 Å². The molecule has 1 aromatic heterocycles.